The molecule has 28 heavy (non-hydrogen) atoms. The number of nitrogens with one attached hydrogen (secondary N) is 1. The molecule has 3 aromatic carbocycles. The maximum Gasteiger partial charge on any atom is 0.227 e. The summed E-state index contributed by atoms with van der Waals surface area (Å²) in [5.41, 5.74) is 2.15. The van der Waals surface area contributed by atoms with E-state index in [1.807, 2.05) is 36.4 Å². The number of nitrogens with zero attached hydrogens (tertiary/aromatic N) is 1. The summed E-state index contributed by atoms with van der Waals surface area (Å²) in [6.45, 7) is 2.77. The van der Waals surface area contributed by atoms with Crippen molar-refractivity contribution in [2.75, 3.05) is 25.5 Å². The zero-order valence-corrected chi connectivity index (χ0v) is 16.2. The molecule has 4 rings (SSSR count). The van der Waals surface area contributed by atoms with Crippen molar-refractivity contribution < 1.29 is 9.53 Å². The van der Waals surface area contributed by atoms with E-state index in [4.69, 9.17) is 4.74 Å². The maximum absolute atomic E-state index is 12.8. The van der Waals surface area contributed by atoms with E-state index < -0.39 is 0 Å². The Morgan fingerprint density at radius 2 is 1.79 bits per heavy atom. The summed E-state index contributed by atoms with van der Waals surface area (Å²) in [6.07, 6.45) is 1.78. The van der Waals surface area contributed by atoms with Gasteiger partial charge >= 0.3 is 0 Å². The second-order valence-electron chi connectivity index (χ2n) is 7.42. The average Bonchev–Trinajstić information content (AvgIpc) is 2.74. The average molecular weight is 374 g/mol. The highest BCUT2D eigenvalue weighted by atomic mass is 16.5. The molecule has 0 bridgehead atoms. The molecule has 1 amide bonds. The van der Waals surface area contributed by atoms with Crippen molar-refractivity contribution in [1.82, 2.24) is 4.90 Å². The van der Waals surface area contributed by atoms with Crippen LogP contribution in [0.3, 0.4) is 0 Å². The lowest BCUT2D eigenvalue weighted by molar-refractivity contribution is -0.121. The zero-order chi connectivity index (χ0) is 19.3. The van der Waals surface area contributed by atoms with Gasteiger partial charge in [-0.3, -0.25) is 9.69 Å². The number of amides is 1. The first-order valence-electron chi connectivity index (χ1n) is 9.87. The molecule has 0 atom stereocenters. The van der Waals surface area contributed by atoms with E-state index in [0.717, 1.165) is 54.7 Å². The van der Waals surface area contributed by atoms with E-state index >= 15 is 0 Å². The second kappa shape index (κ2) is 8.44. The lowest BCUT2D eigenvalue weighted by atomic mass is 9.95. The predicted octanol–water partition coefficient (Wildman–Crippen LogP) is 4.70. The van der Waals surface area contributed by atoms with Crippen molar-refractivity contribution in [3.05, 3.63) is 72.3 Å². The Balaban J connectivity index is 1.35. The van der Waals surface area contributed by atoms with Crippen LogP contribution in [0.4, 0.5) is 5.69 Å². The van der Waals surface area contributed by atoms with Gasteiger partial charge in [-0.1, -0.05) is 48.5 Å². The lowest BCUT2D eigenvalue weighted by Crippen LogP contribution is -2.37. The molecule has 0 radical (unpaired) electrons. The fourth-order valence-corrected chi connectivity index (χ4v) is 3.95. The first kappa shape index (κ1) is 18.5. The Morgan fingerprint density at radius 3 is 2.61 bits per heavy atom. The fraction of sp³-hybridized carbons (Fsp3) is 0.292. The molecule has 1 aliphatic heterocycles. The van der Waals surface area contributed by atoms with Gasteiger partial charge in [0.25, 0.3) is 0 Å². The number of hydrogen-bond acceptors (Lipinski definition) is 3. The van der Waals surface area contributed by atoms with Crippen LogP contribution >= 0.6 is 0 Å². The number of rotatable bonds is 5. The summed E-state index contributed by atoms with van der Waals surface area (Å²) in [7, 11) is 1.69. The molecule has 1 heterocycles. The number of fused-ring (bicyclic) bond motifs is 1. The molecule has 0 unspecified atom stereocenters. The summed E-state index contributed by atoms with van der Waals surface area (Å²) in [5.74, 6) is 1.10. The molecule has 4 nitrogen and oxygen atoms in total. The van der Waals surface area contributed by atoms with E-state index in [1.165, 1.54) is 5.56 Å². The SMILES string of the molecule is COc1cccc(CN2CCC(C(=O)Nc3cccc4ccccc34)CC2)c1. The molecule has 4 heteroatoms. The quantitative estimate of drug-likeness (QED) is 0.704. The Morgan fingerprint density at radius 1 is 1.04 bits per heavy atom. The minimum Gasteiger partial charge on any atom is -0.497 e. The molecule has 0 spiro atoms. The molecule has 0 aliphatic carbocycles. The summed E-state index contributed by atoms with van der Waals surface area (Å²) >= 11 is 0. The van der Waals surface area contributed by atoms with Crippen molar-refractivity contribution in [2.24, 2.45) is 5.92 Å². The largest absolute Gasteiger partial charge is 0.497 e. The number of ether oxygens (including phenoxy) is 1. The van der Waals surface area contributed by atoms with Gasteiger partial charge in [-0.15, -0.1) is 0 Å². The third kappa shape index (κ3) is 4.18. The van der Waals surface area contributed by atoms with Gasteiger partial charge in [-0.2, -0.15) is 0 Å². The molecular weight excluding hydrogens is 348 g/mol. The smallest absolute Gasteiger partial charge is 0.227 e. The molecule has 3 aromatic rings. The minimum atomic E-state index is 0.0699. The second-order valence-corrected chi connectivity index (χ2v) is 7.42. The van der Waals surface area contributed by atoms with Crippen molar-refractivity contribution in [3.8, 4) is 5.75 Å². The Hall–Kier alpha value is -2.85. The highest BCUT2D eigenvalue weighted by molar-refractivity contribution is 6.02. The van der Waals surface area contributed by atoms with Gasteiger partial charge in [0.05, 0.1) is 7.11 Å². The number of hydrogen-bond donors (Lipinski definition) is 1. The summed E-state index contributed by atoms with van der Waals surface area (Å²) in [4.78, 5) is 15.2. The Kier molecular flexibility index (Phi) is 5.58. The molecular formula is C24H26N2O2. The number of carbonyl (C=O) groups is 1. The highest BCUT2D eigenvalue weighted by Gasteiger charge is 2.25. The third-order valence-electron chi connectivity index (χ3n) is 5.55. The normalized spacial score (nSPS) is 15.5. The fourth-order valence-electron chi connectivity index (χ4n) is 3.95. The number of methoxy groups -OCH3 is 1. The van der Waals surface area contributed by atoms with Crippen LogP contribution in [-0.2, 0) is 11.3 Å². The van der Waals surface area contributed by atoms with Gasteiger partial charge < -0.3 is 10.1 Å². The highest BCUT2D eigenvalue weighted by Crippen LogP contribution is 2.26. The van der Waals surface area contributed by atoms with Crippen LogP contribution in [0.5, 0.6) is 5.75 Å². The maximum atomic E-state index is 12.8. The first-order chi connectivity index (χ1) is 13.7. The van der Waals surface area contributed by atoms with Crippen molar-refractivity contribution >= 4 is 22.4 Å². The third-order valence-corrected chi connectivity index (χ3v) is 5.55. The molecule has 1 aliphatic rings. The summed E-state index contributed by atoms with van der Waals surface area (Å²) in [6, 6.07) is 22.4. The van der Waals surface area contributed by atoms with E-state index in [2.05, 4.69) is 40.5 Å². The van der Waals surface area contributed by atoms with Gasteiger partial charge in [-0.05, 0) is 55.1 Å². The van der Waals surface area contributed by atoms with Gasteiger partial charge in [0.15, 0.2) is 0 Å². The number of piperidine rings is 1. The topological polar surface area (TPSA) is 41.6 Å². The van der Waals surface area contributed by atoms with E-state index in [9.17, 15) is 4.79 Å². The van der Waals surface area contributed by atoms with E-state index in [0.29, 0.717) is 0 Å². The van der Waals surface area contributed by atoms with Gasteiger partial charge in [0.2, 0.25) is 5.91 Å². The number of anilines is 1. The van der Waals surface area contributed by atoms with E-state index in [-0.39, 0.29) is 11.8 Å². The van der Waals surface area contributed by atoms with Crippen molar-refractivity contribution in [1.29, 1.82) is 0 Å². The van der Waals surface area contributed by atoms with Crippen molar-refractivity contribution in [2.45, 2.75) is 19.4 Å². The Labute approximate surface area is 166 Å². The first-order valence-corrected chi connectivity index (χ1v) is 9.87. The van der Waals surface area contributed by atoms with Crippen LogP contribution in [0.15, 0.2) is 66.7 Å². The van der Waals surface area contributed by atoms with Crippen molar-refractivity contribution in [3.63, 3.8) is 0 Å². The minimum absolute atomic E-state index is 0.0699. The number of likely N-dealkylation sites (tertiary alicyclic amines) is 1. The molecule has 1 fully saturated rings. The number of carbonyl (C=O) groups excluding carboxylic acids is 1. The monoisotopic (exact) mass is 374 g/mol. The van der Waals surface area contributed by atoms with Crippen LogP contribution in [0.1, 0.15) is 18.4 Å². The Bertz CT molecular complexity index is 956. The molecule has 1 N–H and O–H groups in total. The number of benzene rings is 3. The summed E-state index contributed by atoms with van der Waals surface area (Å²) < 4.78 is 5.31. The molecule has 0 saturated carbocycles. The van der Waals surface area contributed by atoms with E-state index in [1.54, 1.807) is 7.11 Å². The van der Waals surface area contributed by atoms with Crippen LogP contribution in [-0.4, -0.2) is 31.0 Å². The van der Waals surface area contributed by atoms with Gasteiger partial charge in [0, 0.05) is 23.5 Å². The lowest BCUT2D eigenvalue weighted by Gasteiger charge is -2.31. The van der Waals surface area contributed by atoms with Crippen LogP contribution in [0.2, 0.25) is 0 Å². The summed E-state index contributed by atoms with van der Waals surface area (Å²) in [5, 5.41) is 5.40. The van der Waals surface area contributed by atoms with Crippen LogP contribution in [0.25, 0.3) is 10.8 Å². The van der Waals surface area contributed by atoms with Crippen LogP contribution < -0.4 is 10.1 Å². The van der Waals surface area contributed by atoms with Gasteiger partial charge in [-0.25, -0.2) is 0 Å². The molecule has 1 saturated heterocycles. The molecule has 0 aromatic heterocycles. The standard InChI is InChI=1S/C24H26N2O2/c1-28-21-9-4-6-18(16-21)17-26-14-12-20(13-15-26)24(27)25-23-11-5-8-19-7-2-3-10-22(19)23/h2-11,16,20H,12-15,17H2,1H3,(H,25,27). The zero-order valence-electron chi connectivity index (χ0n) is 16.2. The van der Waals surface area contributed by atoms with Gasteiger partial charge in [0.1, 0.15) is 5.75 Å². The van der Waals surface area contributed by atoms with Crippen LogP contribution in [0, 0.1) is 5.92 Å². The predicted molar refractivity (Wildman–Crippen MR) is 114 cm³/mol. The molecule has 144 valence electrons.